The van der Waals surface area contributed by atoms with Crippen molar-refractivity contribution in [2.24, 2.45) is 0 Å². The molecule has 6 nitrogen and oxygen atoms in total. The molecule has 1 unspecified atom stereocenters. The van der Waals surface area contributed by atoms with Gasteiger partial charge in [-0.25, -0.2) is 4.79 Å². The highest BCUT2D eigenvalue weighted by atomic mass is 35.5. The van der Waals surface area contributed by atoms with Crippen molar-refractivity contribution in [1.29, 1.82) is 0 Å². The summed E-state index contributed by atoms with van der Waals surface area (Å²) in [4.78, 5) is 26.7. The molecule has 1 aromatic carbocycles. The van der Waals surface area contributed by atoms with Crippen molar-refractivity contribution in [3.05, 3.63) is 34.9 Å². The average Bonchev–Trinajstić information content (AvgIpc) is 2.76. The molecule has 0 aromatic heterocycles. The Hall–Kier alpha value is -1.79. The molecule has 7 heteroatoms. The highest BCUT2D eigenvalue weighted by molar-refractivity contribution is 6.30. The summed E-state index contributed by atoms with van der Waals surface area (Å²) in [5, 5.41) is 2.08. The molecule has 0 saturated carbocycles. The third kappa shape index (κ3) is 4.07. The molecule has 3 rings (SSSR count). The Labute approximate surface area is 157 Å². The molecule has 1 spiro atoms. The number of carbonyl (C=O) groups is 2. The maximum Gasteiger partial charge on any atom is 0.410 e. The van der Waals surface area contributed by atoms with Gasteiger partial charge in [0.05, 0.1) is 7.03 Å². The smallest absolute Gasteiger partial charge is 0.410 e. The minimum atomic E-state index is -2.04. The first-order chi connectivity index (χ1) is 12.9. The Morgan fingerprint density at radius 2 is 1.96 bits per heavy atom. The summed E-state index contributed by atoms with van der Waals surface area (Å²) in [6.07, 6.45) is -0.104. The van der Waals surface area contributed by atoms with Gasteiger partial charge in [-0.3, -0.25) is 10.1 Å². The van der Waals surface area contributed by atoms with Crippen LogP contribution < -0.4 is 10.6 Å². The first-order valence-corrected chi connectivity index (χ1v) is 8.66. The number of benzene rings is 1. The molecule has 136 valence electrons. The highest BCUT2D eigenvalue weighted by Crippen LogP contribution is 2.31. The van der Waals surface area contributed by atoms with Gasteiger partial charge >= 0.3 is 6.09 Å². The van der Waals surface area contributed by atoms with E-state index in [9.17, 15) is 9.59 Å². The first-order valence-electron chi connectivity index (χ1n) is 9.68. The number of rotatable bonds is 1. The van der Waals surface area contributed by atoms with Crippen molar-refractivity contribution < 1.29 is 18.5 Å². The van der Waals surface area contributed by atoms with Gasteiger partial charge in [-0.05, 0) is 38.5 Å². The summed E-state index contributed by atoms with van der Waals surface area (Å²) in [5.41, 5.74) is -1.62. The zero-order chi connectivity index (χ0) is 20.9. The van der Waals surface area contributed by atoms with Crippen molar-refractivity contribution in [1.82, 2.24) is 15.5 Å². The lowest BCUT2D eigenvalue weighted by atomic mass is 9.97. The molecule has 1 aromatic rings. The fourth-order valence-corrected chi connectivity index (χ4v) is 3.04. The standard InChI is InChI=1S/C18H24ClN3O3/c1-17(2,3)25-16(24)22-10-8-18(9-11-22)20-14(15(23)21-18)12-4-6-13(19)7-5-12/h4-7,14,20H,8-11H2,1-3H3,(H,21,23)/i14D/hD2. The lowest BCUT2D eigenvalue weighted by Gasteiger charge is -2.39. The van der Waals surface area contributed by atoms with Gasteiger partial charge in [-0.1, -0.05) is 23.7 Å². The van der Waals surface area contributed by atoms with Crippen LogP contribution in [-0.2, 0) is 9.53 Å². The number of nitrogens with zero attached hydrogens (tertiary/aromatic N) is 1. The van der Waals surface area contributed by atoms with Crippen molar-refractivity contribution >= 4 is 23.6 Å². The van der Waals surface area contributed by atoms with Crippen LogP contribution in [0.25, 0.3) is 0 Å². The van der Waals surface area contributed by atoms with Crippen LogP contribution in [0.3, 0.4) is 0 Å². The normalized spacial score (nSPS) is 28.6. The quantitative estimate of drug-likeness (QED) is 0.799. The fourth-order valence-electron chi connectivity index (χ4n) is 2.92. The van der Waals surface area contributed by atoms with Gasteiger partial charge in [0.1, 0.15) is 13.0 Å². The van der Waals surface area contributed by atoms with Crippen LogP contribution in [0.2, 0.25) is 7.85 Å². The number of ether oxygens (including phenoxy) is 1. The molecule has 1 atom stereocenters. The van der Waals surface area contributed by atoms with Gasteiger partial charge in [0, 0.05) is 31.0 Å². The van der Waals surface area contributed by atoms with Crippen LogP contribution in [0.4, 0.5) is 4.79 Å². The topological polar surface area (TPSA) is 70.7 Å². The number of amides is 2. The lowest BCUT2D eigenvalue weighted by molar-refractivity contribution is -0.121. The summed E-state index contributed by atoms with van der Waals surface area (Å²) in [6, 6.07) is 4.12. The van der Waals surface area contributed by atoms with Crippen molar-refractivity contribution in [3.8, 4) is 0 Å². The van der Waals surface area contributed by atoms with Crippen LogP contribution in [-0.4, -0.2) is 41.3 Å². The van der Waals surface area contributed by atoms with E-state index in [1.54, 1.807) is 32.9 Å². The molecule has 2 amide bonds. The summed E-state index contributed by atoms with van der Waals surface area (Å²) in [6.45, 7) is 5.80. The molecular formula is C18H24ClN3O3. The molecular weight excluding hydrogens is 342 g/mol. The zero-order valence-corrected chi connectivity index (χ0v) is 15.3. The number of halogens is 1. The van der Waals surface area contributed by atoms with E-state index >= 15 is 0 Å². The molecule has 2 saturated heterocycles. The number of carbonyl (C=O) groups excluding carboxylic acids is 2. The van der Waals surface area contributed by atoms with E-state index in [0.29, 0.717) is 5.02 Å². The maximum absolute atomic E-state index is 12.9. The Balaban J connectivity index is 1.83. The average molecular weight is 369 g/mol. The van der Waals surface area contributed by atoms with Gasteiger partial charge in [0.2, 0.25) is 5.91 Å². The Bertz CT molecular complexity index is 779. The van der Waals surface area contributed by atoms with E-state index in [0.717, 1.165) is 10.6 Å². The minimum Gasteiger partial charge on any atom is -0.444 e. The summed E-state index contributed by atoms with van der Waals surface area (Å²) >= 11 is 5.90. The summed E-state index contributed by atoms with van der Waals surface area (Å²) in [7, 11) is 0. The number of hydrogen-bond acceptors (Lipinski definition) is 4. The molecule has 0 radical (unpaired) electrons. The number of nitrogens with one attached hydrogen (secondary N) is 2. The van der Waals surface area contributed by atoms with E-state index in [1.165, 1.54) is 17.0 Å². The summed E-state index contributed by atoms with van der Waals surface area (Å²) in [5.74, 6) is -0.796. The van der Waals surface area contributed by atoms with Crippen LogP contribution in [0.1, 0.15) is 46.6 Å². The van der Waals surface area contributed by atoms with Gasteiger partial charge in [-0.2, -0.15) is 0 Å². The van der Waals surface area contributed by atoms with Gasteiger partial charge < -0.3 is 14.9 Å². The summed E-state index contributed by atoms with van der Waals surface area (Å²) < 4.78 is 31.0. The SMILES string of the molecule is [2H]N1C(=O)C([2H])(c2ccc(Cl)cc2)N([2H])C12CCN(C(=O)OC(C)(C)C)CC2. The fraction of sp³-hybridized carbons (Fsp3) is 0.556. The second-order valence-electron chi connectivity index (χ2n) is 7.33. The Morgan fingerprint density at radius 3 is 2.52 bits per heavy atom. The van der Waals surface area contributed by atoms with Gasteiger partial charge in [0.15, 0.2) is 1.41 Å². The first kappa shape index (κ1) is 14.4. The molecule has 2 N–H and O–H groups in total. The van der Waals surface area contributed by atoms with Crippen molar-refractivity contribution in [2.75, 3.05) is 13.1 Å². The zero-order valence-electron chi connectivity index (χ0n) is 17.6. The van der Waals surface area contributed by atoms with E-state index in [-0.39, 0.29) is 31.5 Å². The van der Waals surface area contributed by atoms with Gasteiger partial charge in [-0.15, -0.1) is 0 Å². The lowest BCUT2D eigenvalue weighted by Crippen LogP contribution is -2.58. The predicted molar refractivity (Wildman–Crippen MR) is 95.2 cm³/mol. The third-order valence-corrected chi connectivity index (χ3v) is 4.42. The largest absolute Gasteiger partial charge is 0.444 e. The van der Waals surface area contributed by atoms with E-state index in [1.807, 2.05) is 0 Å². The molecule has 2 fully saturated rings. The highest BCUT2D eigenvalue weighted by Gasteiger charge is 2.46. The Morgan fingerprint density at radius 1 is 1.36 bits per heavy atom. The number of likely N-dealkylation sites (tertiary alicyclic amines) is 1. The molecule has 0 aliphatic carbocycles. The number of piperidine rings is 1. The molecule has 2 aliphatic rings. The molecule has 25 heavy (non-hydrogen) atoms. The van der Waals surface area contributed by atoms with Gasteiger partial charge in [0.25, 0.3) is 0 Å². The number of hydrogen-bond donors (Lipinski definition) is 2. The Kier molecular flexibility index (Phi) is 3.74. The second kappa shape index (κ2) is 6.50. The minimum absolute atomic E-state index is 0.180. The van der Waals surface area contributed by atoms with Crippen LogP contribution in [0, 0.1) is 0 Å². The van der Waals surface area contributed by atoms with E-state index in [2.05, 4.69) is 0 Å². The van der Waals surface area contributed by atoms with Crippen LogP contribution in [0.15, 0.2) is 24.3 Å². The molecule has 2 aliphatic heterocycles. The monoisotopic (exact) mass is 368 g/mol. The molecule has 2 heterocycles. The maximum atomic E-state index is 12.9. The van der Waals surface area contributed by atoms with Crippen molar-refractivity contribution in [2.45, 2.75) is 50.9 Å². The van der Waals surface area contributed by atoms with Crippen molar-refractivity contribution in [3.63, 3.8) is 0 Å². The predicted octanol–water partition coefficient (Wildman–Crippen LogP) is 2.83. The van der Waals surface area contributed by atoms with E-state index in [4.69, 9.17) is 20.5 Å². The van der Waals surface area contributed by atoms with Crippen LogP contribution >= 0.6 is 11.6 Å². The third-order valence-electron chi connectivity index (χ3n) is 4.17. The van der Waals surface area contributed by atoms with E-state index < -0.39 is 29.3 Å². The molecule has 0 bridgehead atoms. The second-order valence-corrected chi connectivity index (χ2v) is 7.77. The van der Waals surface area contributed by atoms with Crippen LogP contribution in [0.5, 0.6) is 0 Å².